The van der Waals surface area contributed by atoms with E-state index in [2.05, 4.69) is 37.1 Å². The van der Waals surface area contributed by atoms with Gasteiger partial charge in [0.25, 0.3) is 0 Å². The van der Waals surface area contributed by atoms with Crippen LogP contribution in [0.3, 0.4) is 0 Å². The molecule has 0 spiro atoms. The maximum absolute atomic E-state index is 10.3. The van der Waals surface area contributed by atoms with Crippen LogP contribution in [0.4, 0.5) is 0 Å². The minimum Gasteiger partial charge on any atom is -0.343 e. The summed E-state index contributed by atoms with van der Waals surface area (Å²) in [4.78, 5) is 0. The van der Waals surface area contributed by atoms with Crippen LogP contribution < -0.4 is 29.6 Å². The minimum absolute atomic E-state index is 0. The van der Waals surface area contributed by atoms with Crippen molar-refractivity contribution in [2.45, 2.75) is 194 Å². The SMILES string of the molecule is CCCCCCCCCCCCCCCCOS(=O)(=O)O.[CH2-]CCCCCCC/C=C\CCCCCCCC.[Na+]. The molecule has 0 fully saturated rings. The maximum Gasteiger partial charge on any atom is 1.00 e. The molecule has 0 radical (unpaired) electrons. The molecule has 0 aliphatic carbocycles. The van der Waals surface area contributed by atoms with E-state index in [4.69, 9.17) is 4.55 Å². The van der Waals surface area contributed by atoms with Gasteiger partial charge in [0.1, 0.15) is 0 Å². The molecule has 0 aromatic carbocycles. The minimum atomic E-state index is -4.24. The van der Waals surface area contributed by atoms with Gasteiger partial charge in [0.2, 0.25) is 0 Å². The van der Waals surface area contributed by atoms with Crippen LogP contribution in [0.25, 0.3) is 0 Å². The van der Waals surface area contributed by atoms with Crippen LogP contribution in [0.1, 0.15) is 194 Å². The first-order valence-corrected chi connectivity index (χ1v) is 18.4. The van der Waals surface area contributed by atoms with Gasteiger partial charge in [-0.15, -0.1) is 0 Å². The summed E-state index contributed by atoms with van der Waals surface area (Å²) >= 11 is 0. The Hall–Kier alpha value is 0.610. The third-order valence-corrected chi connectivity index (χ3v) is 7.71. The fourth-order valence-electron chi connectivity index (χ4n) is 4.71. The zero-order chi connectivity index (χ0) is 29.1. The van der Waals surface area contributed by atoms with E-state index in [1.54, 1.807) is 0 Å². The molecule has 0 saturated carbocycles. The van der Waals surface area contributed by atoms with Crippen LogP contribution in [0, 0.1) is 6.92 Å². The van der Waals surface area contributed by atoms with E-state index in [1.165, 1.54) is 154 Å². The van der Waals surface area contributed by atoms with Gasteiger partial charge in [-0.25, -0.2) is 4.18 Å². The Morgan fingerprint density at radius 1 is 0.525 bits per heavy atom. The molecule has 6 heteroatoms. The summed E-state index contributed by atoms with van der Waals surface area (Å²) in [5, 5.41) is 0. The first-order valence-electron chi connectivity index (χ1n) is 17.0. The third-order valence-electron chi connectivity index (χ3n) is 7.24. The number of unbranched alkanes of at least 4 members (excludes halogenated alkanes) is 25. The molecule has 236 valence electrons. The second-order valence-corrected chi connectivity index (χ2v) is 12.4. The quantitative estimate of drug-likeness (QED) is 0.0295. The van der Waals surface area contributed by atoms with Gasteiger partial charge in [0, 0.05) is 0 Å². The van der Waals surface area contributed by atoms with E-state index in [9.17, 15) is 8.42 Å². The summed E-state index contributed by atoms with van der Waals surface area (Å²) in [7, 11) is -4.24. The van der Waals surface area contributed by atoms with Gasteiger partial charge < -0.3 is 6.92 Å². The largest absolute Gasteiger partial charge is 1.00 e. The van der Waals surface area contributed by atoms with Crippen molar-refractivity contribution < 1.29 is 46.7 Å². The van der Waals surface area contributed by atoms with Crippen LogP contribution in [0.5, 0.6) is 0 Å². The van der Waals surface area contributed by atoms with E-state index >= 15 is 0 Å². The average Bonchev–Trinajstić information content (AvgIpc) is 2.91. The number of rotatable bonds is 30. The number of hydrogen-bond acceptors (Lipinski definition) is 3. The zero-order valence-electron chi connectivity index (χ0n) is 27.4. The molecular weight excluding hydrogens is 527 g/mol. The molecule has 40 heavy (non-hydrogen) atoms. The van der Waals surface area contributed by atoms with E-state index in [1.807, 2.05) is 0 Å². The standard InChI is InChI=1S/C18H35.C16H34O4S.Na/c1-3-5-7-9-11-13-15-17-18-16-14-12-10-8-6-4-2;1-2-3-4-5-6-7-8-9-10-11-12-13-14-15-16-20-21(17,18)19;/h17-18H,1,3-16H2,2H3;2-16H2,1H3,(H,17,18,19);/q-1;;+1/b18-17-;;. The summed E-state index contributed by atoms with van der Waals surface area (Å²) in [6.07, 6.45) is 41.4. The van der Waals surface area contributed by atoms with Crippen molar-refractivity contribution in [3.05, 3.63) is 19.1 Å². The van der Waals surface area contributed by atoms with Crippen LogP contribution in [-0.4, -0.2) is 19.6 Å². The zero-order valence-corrected chi connectivity index (χ0v) is 30.3. The Morgan fingerprint density at radius 2 is 0.825 bits per heavy atom. The van der Waals surface area contributed by atoms with Crippen LogP contribution in [-0.2, 0) is 14.6 Å². The van der Waals surface area contributed by atoms with E-state index < -0.39 is 10.4 Å². The second kappa shape index (κ2) is 39.6. The summed E-state index contributed by atoms with van der Waals surface area (Å²) in [5.74, 6) is 0. The Balaban J connectivity index is -0.000000675. The molecule has 0 aromatic rings. The van der Waals surface area contributed by atoms with Crippen LogP contribution in [0.15, 0.2) is 12.2 Å². The normalized spacial score (nSPS) is 11.4. The maximum atomic E-state index is 10.3. The van der Waals surface area contributed by atoms with Gasteiger partial charge in [0.05, 0.1) is 6.61 Å². The molecular formula is C34H69NaO4S. The van der Waals surface area contributed by atoms with Gasteiger partial charge in [-0.1, -0.05) is 167 Å². The molecule has 4 nitrogen and oxygen atoms in total. The second-order valence-electron chi connectivity index (χ2n) is 11.3. The fraction of sp³-hybridized carbons (Fsp3) is 0.912. The van der Waals surface area contributed by atoms with Crippen LogP contribution >= 0.6 is 0 Å². The Morgan fingerprint density at radius 3 is 1.15 bits per heavy atom. The molecule has 0 unspecified atom stereocenters. The van der Waals surface area contributed by atoms with Crippen molar-refractivity contribution in [1.82, 2.24) is 0 Å². The average molecular weight is 597 g/mol. The summed E-state index contributed by atoms with van der Waals surface area (Å²) in [6, 6.07) is 0. The predicted molar refractivity (Wildman–Crippen MR) is 173 cm³/mol. The molecule has 0 saturated heterocycles. The monoisotopic (exact) mass is 596 g/mol. The van der Waals surface area contributed by atoms with Crippen molar-refractivity contribution in [2.75, 3.05) is 6.61 Å². The van der Waals surface area contributed by atoms with E-state index in [-0.39, 0.29) is 36.2 Å². The van der Waals surface area contributed by atoms with Gasteiger partial charge in [-0.2, -0.15) is 14.8 Å². The van der Waals surface area contributed by atoms with Gasteiger partial charge in [0.15, 0.2) is 0 Å². The molecule has 0 aliphatic rings. The molecule has 1 N–H and O–H groups in total. The first-order chi connectivity index (χ1) is 19.0. The Labute approximate surface area is 274 Å². The van der Waals surface area contributed by atoms with E-state index in [0.717, 1.165) is 19.3 Å². The van der Waals surface area contributed by atoms with E-state index in [0.29, 0.717) is 6.42 Å². The number of hydrogen-bond donors (Lipinski definition) is 1. The molecule has 0 amide bonds. The molecule has 0 atom stereocenters. The third kappa shape index (κ3) is 48.3. The summed E-state index contributed by atoms with van der Waals surface area (Å²) in [5.41, 5.74) is 0. The van der Waals surface area contributed by atoms with Crippen molar-refractivity contribution in [3.8, 4) is 0 Å². The van der Waals surface area contributed by atoms with Crippen molar-refractivity contribution in [3.63, 3.8) is 0 Å². The van der Waals surface area contributed by atoms with Gasteiger partial charge >= 0.3 is 40.0 Å². The van der Waals surface area contributed by atoms with Gasteiger partial charge in [-0.05, 0) is 32.1 Å². The Bertz CT molecular complexity index is 548. The van der Waals surface area contributed by atoms with Gasteiger partial charge in [-0.3, -0.25) is 4.55 Å². The molecule has 0 aliphatic heterocycles. The smallest absolute Gasteiger partial charge is 0.343 e. The first kappa shape index (κ1) is 45.0. The fourth-order valence-corrected chi connectivity index (χ4v) is 5.04. The summed E-state index contributed by atoms with van der Waals surface area (Å²) < 4.78 is 33.2. The molecule has 0 rings (SSSR count). The summed E-state index contributed by atoms with van der Waals surface area (Å²) in [6.45, 7) is 8.50. The molecule has 0 bridgehead atoms. The van der Waals surface area contributed by atoms with Crippen molar-refractivity contribution >= 4 is 10.4 Å². The van der Waals surface area contributed by atoms with Crippen molar-refractivity contribution in [1.29, 1.82) is 0 Å². The number of allylic oxidation sites excluding steroid dienone is 2. The molecule has 0 aromatic heterocycles. The van der Waals surface area contributed by atoms with Crippen molar-refractivity contribution in [2.24, 2.45) is 0 Å². The predicted octanol–water partition coefficient (Wildman–Crippen LogP) is 9.15. The topological polar surface area (TPSA) is 63.6 Å². The molecule has 0 heterocycles. The Kier molecular flexibility index (Phi) is 44.6. The van der Waals surface area contributed by atoms with Crippen LogP contribution in [0.2, 0.25) is 0 Å².